The number of benzene rings is 1. The average molecular weight is 441 g/mol. The molecule has 1 rings (SSSR count). The van der Waals surface area contributed by atoms with Gasteiger partial charge in [-0.1, -0.05) is 109 Å². The summed E-state index contributed by atoms with van der Waals surface area (Å²) in [5.41, 5.74) is 2.67. The third-order valence-electron chi connectivity index (χ3n) is 6.05. The molecular formula is C30H48O2. The van der Waals surface area contributed by atoms with E-state index in [-0.39, 0.29) is 5.41 Å². The van der Waals surface area contributed by atoms with Crippen molar-refractivity contribution in [3.05, 3.63) is 72.4 Å². The monoisotopic (exact) mass is 440 g/mol. The number of ether oxygens (including phenoxy) is 2. The minimum atomic E-state index is 0.141. The Morgan fingerprint density at radius 1 is 0.906 bits per heavy atom. The van der Waals surface area contributed by atoms with E-state index in [4.69, 9.17) is 9.47 Å². The molecule has 2 heteroatoms. The summed E-state index contributed by atoms with van der Waals surface area (Å²) in [6.07, 6.45) is 12.9. The van der Waals surface area contributed by atoms with Crippen molar-refractivity contribution >= 4 is 0 Å². The molecule has 0 aromatic heterocycles. The van der Waals surface area contributed by atoms with Crippen molar-refractivity contribution in [3.63, 3.8) is 0 Å². The van der Waals surface area contributed by atoms with Crippen LogP contribution in [0.4, 0.5) is 0 Å². The lowest BCUT2D eigenvalue weighted by Gasteiger charge is -2.31. The van der Waals surface area contributed by atoms with Crippen LogP contribution in [0.25, 0.3) is 0 Å². The van der Waals surface area contributed by atoms with Gasteiger partial charge in [-0.15, -0.1) is 0 Å². The standard InChI is InChI=1S/C30H48O2/c1-8-9-13-18-26(4)29(30(5,6)7)24-32-22-17-11-10-16-21-31-23-28(25(2)3)27-19-14-12-15-20-27/h8-9,12-15,18-20,25,28-29H,4,10-11,16-17,21-24H2,1-3,5-7H3/b9-8-,18-13-/t28-,29+/m0/s1. The van der Waals surface area contributed by atoms with Crippen molar-refractivity contribution < 1.29 is 9.47 Å². The van der Waals surface area contributed by atoms with E-state index in [1.165, 1.54) is 18.4 Å². The predicted molar refractivity (Wildman–Crippen MR) is 140 cm³/mol. The maximum absolute atomic E-state index is 6.04. The summed E-state index contributed by atoms with van der Waals surface area (Å²) in [5, 5.41) is 0. The van der Waals surface area contributed by atoms with Gasteiger partial charge in [-0.3, -0.25) is 0 Å². The molecule has 0 unspecified atom stereocenters. The summed E-state index contributed by atoms with van der Waals surface area (Å²) in [5.74, 6) is 1.39. The second-order valence-corrected chi connectivity index (χ2v) is 10.2. The Hall–Kier alpha value is -1.64. The van der Waals surface area contributed by atoms with Crippen LogP contribution < -0.4 is 0 Å². The van der Waals surface area contributed by atoms with E-state index in [1.54, 1.807) is 0 Å². The molecule has 0 fully saturated rings. The molecule has 0 heterocycles. The first kappa shape index (κ1) is 28.4. The lowest BCUT2D eigenvalue weighted by molar-refractivity contribution is 0.0696. The normalized spacial score (nSPS) is 14.5. The minimum Gasteiger partial charge on any atom is -0.381 e. The van der Waals surface area contributed by atoms with Gasteiger partial charge < -0.3 is 9.47 Å². The molecule has 1 aromatic carbocycles. The van der Waals surface area contributed by atoms with Gasteiger partial charge in [-0.05, 0) is 42.2 Å². The van der Waals surface area contributed by atoms with Gasteiger partial charge in [0.15, 0.2) is 0 Å². The number of hydrogen-bond acceptors (Lipinski definition) is 2. The van der Waals surface area contributed by atoms with Crippen molar-refractivity contribution in [2.45, 2.75) is 73.1 Å². The third kappa shape index (κ3) is 11.8. The molecule has 0 aliphatic rings. The highest BCUT2D eigenvalue weighted by Gasteiger charge is 2.26. The van der Waals surface area contributed by atoms with Crippen molar-refractivity contribution in [2.24, 2.45) is 17.3 Å². The maximum atomic E-state index is 6.04. The molecule has 0 N–H and O–H groups in total. The summed E-state index contributed by atoms with van der Waals surface area (Å²) in [4.78, 5) is 0. The molecule has 0 radical (unpaired) electrons. The Labute approximate surface area is 198 Å². The first-order valence-electron chi connectivity index (χ1n) is 12.5. The fourth-order valence-electron chi connectivity index (χ4n) is 3.87. The molecule has 32 heavy (non-hydrogen) atoms. The lowest BCUT2D eigenvalue weighted by Crippen LogP contribution is -2.26. The average Bonchev–Trinajstić information content (AvgIpc) is 2.74. The van der Waals surface area contributed by atoms with E-state index in [0.29, 0.717) is 17.8 Å². The van der Waals surface area contributed by atoms with Crippen LogP contribution in [0.2, 0.25) is 0 Å². The van der Waals surface area contributed by atoms with Gasteiger partial charge in [0, 0.05) is 25.0 Å². The van der Waals surface area contributed by atoms with E-state index in [9.17, 15) is 0 Å². The first-order chi connectivity index (χ1) is 15.3. The van der Waals surface area contributed by atoms with E-state index < -0.39 is 0 Å². The number of hydrogen-bond donors (Lipinski definition) is 0. The Morgan fingerprint density at radius 2 is 1.50 bits per heavy atom. The van der Waals surface area contributed by atoms with Crippen LogP contribution in [0.3, 0.4) is 0 Å². The summed E-state index contributed by atoms with van der Waals surface area (Å²) < 4.78 is 12.1. The van der Waals surface area contributed by atoms with Crippen LogP contribution in [0.1, 0.15) is 78.7 Å². The Kier molecular flexibility index (Phi) is 14.2. The largest absolute Gasteiger partial charge is 0.381 e. The molecule has 180 valence electrons. The highest BCUT2D eigenvalue weighted by atomic mass is 16.5. The first-order valence-corrected chi connectivity index (χ1v) is 12.5. The van der Waals surface area contributed by atoms with Crippen LogP contribution in [0.5, 0.6) is 0 Å². The van der Waals surface area contributed by atoms with E-state index in [2.05, 4.69) is 83.7 Å². The summed E-state index contributed by atoms with van der Waals surface area (Å²) in [6, 6.07) is 10.7. The number of unbranched alkanes of at least 4 members (excludes halogenated alkanes) is 3. The molecule has 0 saturated heterocycles. The third-order valence-corrected chi connectivity index (χ3v) is 6.05. The van der Waals surface area contributed by atoms with Crippen molar-refractivity contribution in [1.82, 2.24) is 0 Å². The summed E-state index contributed by atoms with van der Waals surface area (Å²) in [6.45, 7) is 20.9. The maximum Gasteiger partial charge on any atom is 0.0539 e. The zero-order chi connectivity index (χ0) is 23.8. The number of rotatable bonds is 16. The molecule has 0 amide bonds. The molecule has 0 bridgehead atoms. The molecular weight excluding hydrogens is 392 g/mol. The fraction of sp³-hybridized carbons (Fsp3) is 0.600. The number of allylic oxidation sites excluding steroid dienone is 4. The van der Waals surface area contributed by atoms with Crippen LogP contribution >= 0.6 is 0 Å². The van der Waals surface area contributed by atoms with E-state index in [0.717, 1.165) is 44.8 Å². The summed E-state index contributed by atoms with van der Waals surface area (Å²) in [7, 11) is 0. The van der Waals surface area contributed by atoms with Crippen LogP contribution in [0, 0.1) is 17.3 Å². The van der Waals surface area contributed by atoms with Crippen LogP contribution in [-0.2, 0) is 9.47 Å². The van der Waals surface area contributed by atoms with Gasteiger partial charge >= 0.3 is 0 Å². The second kappa shape index (κ2) is 16.0. The zero-order valence-electron chi connectivity index (χ0n) is 21.6. The fourth-order valence-corrected chi connectivity index (χ4v) is 3.87. The quantitative estimate of drug-likeness (QED) is 0.190. The van der Waals surface area contributed by atoms with Gasteiger partial charge in [0.2, 0.25) is 0 Å². The molecule has 0 aliphatic heterocycles. The smallest absolute Gasteiger partial charge is 0.0539 e. The minimum absolute atomic E-state index is 0.141. The SMILES string of the molecule is C=C(/C=C\C=C/C)[C@@H](COCCCCCCOC[C@H](c1ccccc1)C(C)C)C(C)(C)C. The van der Waals surface area contributed by atoms with Gasteiger partial charge in [0.25, 0.3) is 0 Å². The Bertz CT molecular complexity index is 664. The predicted octanol–water partition coefficient (Wildman–Crippen LogP) is 8.37. The van der Waals surface area contributed by atoms with Gasteiger partial charge in [-0.25, -0.2) is 0 Å². The highest BCUT2D eigenvalue weighted by Crippen LogP contribution is 2.32. The Balaban J connectivity index is 2.19. The van der Waals surface area contributed by atoms with Crippen molar-refractivity contribution in [2.75, 3.05) is 26.4 Å². The molecule has 0 saturated carbocycles. The zero-order valence-corrected chi connectivity index (χ0v) is 21.6. The van der Waals surface area contributed by atoms with Gasteiger partial charge in [0.1, 0.15) is 0 Å². The molecule has 2 nitrogen and oxygen atoms in total. The summed E-state index contributed by atoms with van der Waals surface area (Å²) >= 11 is 0. The van der Waals surface area contributed by atoms with E-state index >= 15 is 0 Å². The topological polar surface area (TPSA) is 18.5 Å². The van der Waals surface area contributed by atoms with E-state index in [1.807, 2.05) is 19.1 Å². The van der Waals surface area contributed by atoms with Crippen molar-refractivity contribution in [3.8, 4) is 0 Å². The Morgan fingerprint density at radius 3 is 2.03 bits per heavy atom. The molecule has 1 aromatic rings. The van der Waals surface area contributed by atoms with Crippen LogP contribution in [0.15, 0.2) is 66.8 Å². The van der Waals surface area contributed by atoms with Gasteiger partial charge in [-0.2, -0.15) is 0 Å². The molecule has 0 aliphatic carbocycles. The lowest BCUT2D eigenvalue weighted by atomic mass is 9.77. The highest BCUT2D eigenvalue weighted by molar-refractivity contribution is 5.23. The van der Waals surface area contributed by atoms with Crippen molar-refractivity contribution in [1.29, 1.82) is 0 Å². The van der Waals surface area contributed by atoms with Crippen LogP contribution in [-0.4, -0.2) is 26.4 Å². The molecule has 0 spiro atoms. The molecule has 2 atom stereocenters. The second-order valence-electron chi connectivity index (χ2n) is 10.2. The van der Waals surface area contributed by atoms with Gasteiger partial charge in [0.05, 0.1) is 13.2 Å².